The number of carboxylic acid groups (broad SMARTS) is 1. The van der Waals surface area contributed by atoms with E-state index < -0.39 is 12.1 Å². The second-order valence-corrected chi connectivity index (χ2v) is 13.1. The van der Waals surface area contributed by atoms with Gasteiger partial charge in [-0.2, -0.15) is 0 Å². The molecule has 0 saturated carbocycles. The quantitative estimate of drug-likeness (QED) is 0.0430. The van der Waals surface area contributed by atoms with Gasteiger partial charge in [0.25, 0.3) is 0 Å². The summed E-state index contributed by atoms with van der Waals surface area (Å²) in [5.41, 5.74) is 0. The third-order valence-corrected chi connectivity index (χ3v) is 8.57. The smallest absolute Gasteiger partial charge is 0.307 e. The first-order valence-corrected chi connectivity index (χ1v) is 19.5. The lowest BCUT2D eigenvalue weighted by Gasteiger charge is -2.16. The van der Waals surface area contributed by atoms with Crippen molar-refractivity contribution >= 4 is 11.9 Å². The molecule has 0 spiro atoms. The van der Waals surface area contributed by atoms with Crippen LogP contribution in [0.1, 0.15) is 206 Å². The zero-order valence-electron chi connectivity index (χ0n) is 29.9. The third-order valence-electron chi connectivity index (χ3n) is 8.57. The van der Waals surface area contributed by atoms with E-state index in [2.05, 4.69) is 50.3 Å². The number of hydrogen-bond acceptors (Lipinski definition) is 3. The molecule has 0 aromatic carbocycles. The van der Waals surface area contributed by atoms with Gasteiger partial charge in [-0.15, -0.1) is 0 Å². The number of carboxylic acids is 1. The van der Waals surface area contributed by atoms with Crippen LogP contribution in [0.4, 0.5) is 0 Å². The number of ether oxygens (including phenoxy) is 1. The zero-order valence-corrected chi connectivity index (χ0v) is 29.9. The van der Waals surface area contributed by atoms with E-state index in [9.17, 15) is 14.7 Å². The molecule has 0 aliphatic carbocycles. The molecular formula is C41H74O4. The van der Waals surface area contributed by atoms with E-state index in [1.807, 2.05) is 0 Å². The van der Waals surface area contributed by atoms with Crippen LogP contribution in [0, 0.1) is 0 Å². The lowest BCUT2D eigenvalue weighted by Crippen LogP contribution is -2.21. The van der Waals surface area contributed by atoms with E-state index >= 15 is 0 Å². The first-order chi connectivity index (χ1) is 22.1. The highest BCUT2D eigenvalue weighted by atomic mass is 16.5. The van der Waals surface area contributed by atoms with Crippen LogP contribution < -0.4 is 0 Å². The monoisotopic (exact) mass is 631 g/mol. The summed E-state index contributed by atoms with van der Waals surface area (Å²) in [6, 6.07) is 0. The number of esters is 1. The highest BCUT2D eigenvalue weighted by Crippen LogP contribution is 2.16. The molecule has 262 valence electrons. The van der Waals surface area contributed by atoms with Gasteiger partial charge in [0.05, 0.1) is 6.42 Å². The summed E-state index contributed by atoms with van der Waals surface area (Å²) < 4.78 is 5.57. The summed E-state index contributed by atoms with van der Waals surface area (Å²) in [7, 11) is 0. The van der Waals surface area contributed by atoms with Gasteiger partial charge >= 0.3 is 11.9 Å². The summed E-state index contributed by atoms with van der Waals surface area (Å²) >= 11 is 0. The van der Waals surface area contributed by atoms with Crippen molar-refractivity contribution in [2.24, 2.45) is 0 Å². The fraction of sp³-hybridized carbons (Fsp3) is 0.805. The van der Waals surface area contributed by atoms with Crippen molar-refractivity contribution < 1.29 is 19.4 Å². The van der Waals surface area contributed by atoms with E-state index in [1.54, 1.807) is 0 Å². The Kier molecular flexibility index (Phi) is 35.1. The molecular weight excluding hydrogens is 556 g/mol. The number of carbonyl (C=O) groups excluding carboxylic acids is 1. The molecule has 0 heterocycles. The maximum atomic E-state index is 12.3. The standard InChI is InChI=1S/C41H74O4/c1-3-5-7-9-11-13-15-17-18-19-20-21-22-23-24-25-27-29-31-33-35-37-41(44)45-39(38-40(42)43)36-34-32-30-28-26-16-14-12-10-8-6-4-2/h11,13,17-18,23-24,39H,3-10,12,14-16,19-22,25-38H2,1-2H3,(H,42,43)/b13-11-,18-17-,24-23-. The van der Waals surface area contributed by atoms with E-state index in [0.717, 1.165) is 44.9 Å². The third kappa shape index (κ3) is 36.5. The number of hydrogen-bond donors (Lipinski definition) is 1. The van der Waals surface area contributed by atoms with E-state index in [4.69, 9.17) is 4.74 Å². The minimum Gasteiger partial charge on any atom is -0.481 e. The zero-order chi connectivity index (χ0) is 32.9. The van der Waals surface area contributed by atoms with Gasteiger partial charge in [-0.1, -0.05) is 153 Å². The van der Waals surface area contributed by atoms with Crippen LogP contribution in [-0.2, 0) is 14.3 Å². The predicted molar refractivity (Wildman–Crippen MR) is 195 cm³/mol. The van der Waals surface area contributed by atoms with Gasteiger partial charge < -0.3 is 9.84 Å². The summed E-state index contributed by atoms with van der Waals surface area (Å²) in [6.45, 7) is 4.51. The lowest BCUT2D eigenvalue weighted by molar-refractivity contribution is -0.153. The second kappa shape index (κ2) is 36.6. The molecule has 0 amide bonds. The van der Waals surface area contributed by atoms with Gasteiger partial charge in [-0.25, -0.2) is 0 Å². The molecule has 45 heavy (non-hydrogen) atoms. The minimum absolute atomic E-state index is 0.0779. The van der Waals surface area contributed by atoms with Crippen LogP contribution in [-0.4, -0.2) is 23.1 Å². The molecule has 0 aliphatic rings. The van der Waals surface area contributed by atoms with Crippen LogP contribution in [0.3, 0.4) is 0 Å². The molecule has 1 unspecified atom stereocenters. The summed E-state index contributed by atoms with van der Waals surface area (Å²) in [4.78, 5) is 23.6. The maximum Gasteiger partial charge on any atom is 0.307 e. The van der Waals surface area contributed by atoms with E-state index in [-0.39, 0.29) is 12.4 Å². The largest absolute Gasteiger partial charge is 0.481 e. The Morgan fingerprint density at radius 1 is 0.511 bits per heavy atom. The van der Waals surface area contributed by atoms with Gasteiger partial charge in [0.2, 0.25) is 0 Å². The molecule has 0 aliphatic heterocycles. The molecule has 0 bridgehead atoms. The van der Waals surface area contributed by atoms with Crippen LogP contribution in [0.15, 0.2) is 36.5 Å². The Morgan fingerprint density at radius 3 is 1.40 bits per heavy atom. The molecule has 4 nitrogen and oxygen atoms in total. The number of carbonyl (C=O) groups is 2. The molecule has 0 fully saturated rings. The molecule has 0 rings (SSSR count). The molecule has 0 saturated heterocycles. The average Bonchev–Trinajstić information content (AvgIpc) is 3.02. The molecule has 4 heteroatoms. The highest BCUT2D eigenvalue weighted by Gasteiger charge is 2.17. The molecule has 1 N–H and O–H groups in total. The van der Waals surface area contributed by atoms with Crippen molar-refractivity contribution in [2.75, 3.05) is 0 Å². The predicted octanol–water partition coefficient (Wildman–Crippen LogP) is 13.4. The minimum atomic E-state index is -0.884. The summed E-state index contributed by atoms with van der Waals surface area (Å²) in [6.07, 6.45) is 47.4. The molecule has 0 aromatic rings. The van der Waals surface area contributed by atoms with Crippen LogP contribution in [0.5, 0.6) is 0 Å². The molecule has 0 radical (unpaired) electrons. The first kappa shape index (κ1) is 43.2. The number of unbranched alkanes of at least 4 members (excludes halogenated alkanes) is 22. The number of rotatable bonds is 35. The summed E-state index contributed by atoms with van der Waals surface area (Å²) in [5, 5.41) is 9.24. The fourth-order valence-electron chi connectivity index (χ4n) is 5.70. The van der Waals surface area contributed by atoms with E-state index in [1.165, 1.54) is 128 Å². The maximum absolute atomic E-state index is 12.3. The average molecular weight is 631 g/mol. The molecule has 1 atom stereocenters. The SMILES string of the molecule is CCCCC/C=C\C/C=C\CCCC/C=C\CCCCCCCC(=O)OC(CCCCCCCCCCCCCC)CC(=O)O. The first-order valence-electron chi connectivity index (χ1n) is 19.5. The van der Waals surface area contributed by atoms with Crippen molar-refractivity contribution in [1.29, 1.82) is 0 Å². The van der Waals surface area contributed by atoms with Crippen molar-refractivity contribution in [3.05, 3.63) is 36.5 Å². The Morgan fingerprint density at radius 2 is 0.889 bits per heavy atom. The molecule has 0 aromatic heterocycles. The van der Waals surface area contributed by atoms with Gasteiger partial charge in [0.15, 0.2) is 0 Å². The van der Waals surface area contributed by atoms with Gasteiger partial charge in [0.1, 0.15) is 6.10 Å². The van der Waals surface area contributed by atoms with Crippen LogP contribution in [0.25, 0.3) is 0 Å². The number of aliphatic carboxylic acids is 1. The van der Waals surface area contributed by atoms with Gasteiger partial charge in [-0.3, -0.25) is 9.59 Å². The Bertz CT molecular complexity index is 723. The normalized spacial score (nSPS) is 12.6. The van der Waals surface area contributed by atoms with Gasteiger partial charge in [0, 0.05) is 6.42 Å². The van der Waals surface area contributed by atoms with Crippen molar-refractivity contribution in [3.63, 3.8) is 0 Å². The Labute approximate surface area is 279 Å². The topological polar surface area (TPSA) is 63.6 Å². The van der Waals surface area contributed by atoms with Crippen molar-refractivity contribution in [2.45, 2.75) is 213 Å². The second-order valence-electron chi connectivity index (χ2n) is 13.1. The highest BCUT2D eigenvalue weighted by molar-refractivity contribution is 5.71. The van der Waals surface area contributed by atoms with Gasteiger partial charge in [-0.05, 0) is 77.0 Å². The Hall–Kier alpha value is -1.84. The van der Waals surface area contributed by atoms with Crippen molar-refractivity contribution in [1.82, 2.24) is 0 Å². The van der Waals surface area contributed by atoms with Crippen molar-refractivity contribution in [3.8, 4) is 0 Å². The Balaban J connectivity index is 3.66. The van der Waals surface area contributed by atoms with E-state index in [0.29, 0.717) is 12.8 Å². The van der Waals surface area contributed by atoms with Crippen LogP contribution in [0.2, 0.25) is 0 Å². The lowest BCUT2D eigenvalue weighted by atomic mass is 10.0. The number of allylic oxidation sites excluding steroid dienone is 6. The van der Waals surface area contributed by atoms with Crippen LogP contribution >= 0.6 is 0 Å². The summed E-state index contributed by atoms with van der Waals surface area (Å²) in [5.74, 6) is -1.11. The fourth-order valence-corrected chi connectivity index (χ4v) is 5.70.